The van der Waals surface area contributed by atoms with Gasteiger partial charge in [0.05, 0.1) is 14.2 Å². The first-order valence-electron chi connectivity index (χ1n) is 5.80. The fraction of sp³-hybridized carbons (Fsp3) is 0.143. The van der Waals surface area contributed by atoms with Crippen molar-refractivity contribution in [1.82, 2.24) is 4.98 Å². The third-order valence-corrected chi connectivity index (χ3v) is 2.82. The van der Waals surface area contributed by atoms with Crippen LogP contribution in [0.2, 0.25) is 0 Å². The summed E-state index contributed by atoms with van der Waals surface area (Å²) in [6.45, 7) is 0. The molecule has 0 aliphatic carbocycles. The number of pyridine rings is 1. The molecule has 0 saturated carbocycles. The van der Waals surface area contributed by atoms with Crippen molar-refractivity contribution in [3.63, 3.8) is 0 Å². The maximum absolute atomic E-state index is 12.4. The number of hydrogen-bond donors (Lipinski definition) is 1. The molecule has 1 N–H and O–H groups in total. The van der Waals surface area contributed by atoms with Crippen LogP contribution < -0.4 is 15.0 Å². The number of benzene rings is 1. The van der Waals surface area contributed by atoms with E-state index >= 15 is 0 Å². The molecule has 2 aromatic rings. The average molecular weight is 273 g/mol. The molecule has 0 unspecified atom stereocenters. The fourth-order valence-corrected chi connectivity index (χ4v) is 1.81. The van der Waals surface area contributed by atoms with Crippen LogP contribution in [0, 0.1) is 5.21 Å². The molecule has 0 bridgehead atoms. The number of ether oxygens (including phenoxy) is 2. The predicted molar refractivity (Wildman–Crippen MR) is 74.2 cm³/mol. The monoisotopic (exact) mass is 273 g/mol. The van der Waals surface area contributed by atoms with Crippen molar-refractivity contribution in [2.75, 3.05) is 19.7 Å². The second-order valence-electron chi connectivity index (χ2n) is 3.92. The van der Waals surface area contributed by atoms with Crippen LogP contribution in [0.5, 0.6) is 11.5 Å². The Hall–Kier alpha value is -2.60. The van der Waals surface area contributed by atoms with Gasteiger partial charge in [0.15, 0.2) is 17.3 Å². The second kappa shape index (κ2) is 6.03. The molecule has 1 aromatic carbocycles. The Morgan fingerprint density at radius 1 is 1.15 bits per heavy atom. The quantitative estimate of drug-likeness (QED) is 0.664. The normalized spacial score (nSPS) is 9.95. The molecule has 1 aromatic heterocycles. The van der Waals surface area contributed by atoms with Gasteiger partial charge >= 0.3 is 0 Å². The number of aromatic nitrogens is 1. The number of nitrogens with zero attached hydrogens (tertiary/aromatic N) is 1. The van der Waals surface area contributed by atoms with Gasteiger partial charge in [0.25, 0.3) is 0 Å². The molecule has 104 valence electrons. The molecule has 20 heavy (non-hydrogen) atoms. The zero-order valence-electron chi connectivity index (χ0n) is 11.0. The van der Waals surface area contributed by atoms with Gasteiger partial charge in [-0.1, -0.05) is 0 Å². The number of rotatable bonds is 5. The molecular formula is C14H13N2O4-. The Morgan fingerprint density at radius 3 is 2.30 bits per heavy atom. The van der Waals surface area contributed by atoms with E-state index in [-0.39, 0.29) is 17.0 Å². The standard InChI is InChI=1S/C14H13N2O4/c1-19-12-7-10(11(16-18)8-13(12)20-2)14(17)9-3-5-15-6-4-9/h3-8,16H,1-2H3/q-1. The number of ketones is 1. The maximum Gasteiger partial charge on any atom is 0.195 e. The summed E-state index contributed by atoms with van der Waals surface area (Å²) >= 11 is 0. The van der Waals surface area contributed by atoms with Gasteiger partial charge < -0.3 is 20.2 Å². The van der Waals surface area contributed by atoms with Gasteiger partial charge in [-0.15, -0.1) is 0 Å². The van der Waals surface area contributed by atoms with E-state index in [4.69, 9.17) is 9.47 Å². The van der Waals surface area contributed by atoms with Crippen molar-refractivity contribution in [2.45, 2.75) is 0 Å². The van der Waals surface area contributed by atoms with Crippen LogP contribution in [-0.4, -0.2) is 25.0 Å². The molecule has 0 saturated heterocycles. The Bertz CT molecular complexity index is 614. The molecule has 6 nitrogen and oxygen atoms in total. The van der Waals surface area contributed by atoms with Crippen molar-refractivity contribution in [2.24, 2.45) is 0 Å². The number of carbonyl (C=O) groups is 1. The van der Waals surface area contributed by atoms with Crippen LogP contribution in [0.15, 0.2) is 36.7 Å². The summed E-state index contributed by atoms with van der Waals surface area (Å²) in [5, 5.41) is 11.0. The lowest BCUT2D eigenvalue weighted by Crippen LogP contribution is -2.06. The summed E-state index contributed by atoms with van der Waals surface area (Å²) in [6, 6.07) is 6.06. The highest BCUT2D eigenvalue weighted by molar-refractivity contribution is 6.12. The van der Waals surface area contributed by atoms with Crippen molar-refractivity contribution >= 4 is 11.5 Å². The lowest BCUT2D eigenvalue weighted by molar-refractivity contribution is 0.103. The first-order chi connectivity index (χ1) is 9.71. The number of nitrogens with one attached hydrogen (secondary N) is 1. The lowest BCUT2D eigenvalue weighted by atomic mass is 10.0. The van der Waals surface area contributed by atoms with Gasteiger partial charge in [-0.05, 0) is 18.2 Å². The summed E-state index contributed by atoms with van der Waals surface area (Å²) in [5.74, 6) is 0.452. The van der Waals surface area contributed by atoms with E-state index in [1.807, 2.05) is 0 Å². The van der Waals surface area contributed by atoms with Crippen molar-refractivity contribution in [3.05, 3.63) is 53.0 Å². The van der Waals surface area contributed by atoms with E-state index in [0.717, 1.165) is 0 Å². The van der Waals surface area contributed by atoms with E-state index in [9.17, 15) is 10.0 Å². The van der Waals surface area contributed by atoms with Crippen molar-refractivity contribution in [1.29, 1.82) is 0 Å². The van der Waals surface area contributed by atoms with E-state index in [2.05, 4.69) is 4.98 Å². The van der Waals surface area contributed by atoms with E-state index < -0.39 is 0 Å². The first-order valence-corrected chi connectivity index (χ1v) is 5.80. The van der Waals surface area contributed by atoms with E-state index in [1.54, 1.807) is 17.6 Å². The smallest absolute Gasteiger partial charge is 0.195 e. The van der Waals surface area contributed by atoms with Crippen LogP contribution in [-0.2, 0) is 0 Å². The fourth-order valence-electron chi connectivity index (χ4n) is 1.81. The summed E-state index contributed by atoms with van der Waals surface area (Å²) < 4.78 is 10.2. The highest BCUT2D eigenvalue weighted by Gasteiger charge is 2.17. The molecule has 2 rings (SSSR count). The summed E-state index contributed by atoms with van der Waals surface area (Å²) in [6.07, 6.45) is 3.02. The molecule has 0 aliphatic rings. The molecule has 0 fully saturated rings. The molecule has 0 radical (unpaired) electrons. The van der Waals surface area contributed by atoms with Crippen molar-refractivity contribution in [3.8, 4) is 11.5 Å². The topological polar surface area (TPSA) is 83.5 Å². The van der Waals surface area contributed by atoms with Gasteiger partial charge in [-0.2, -0.15) is 0 Å². The molecule has 0 spiro atoms. The molecule has 0 atom stereocenters. The molecule has 6 heteroatoms. The number of anilines is 1. The molecule has 1 heterocycles. The van der Waals surface area contributed by atoms with Crippen molar-refractivity contribution < 1.29 is 14.3 Å². The van der Waals surface area contributed by atoms with Crippen LogP contribution in [0.3, 0.4) is 0 Å². The minimum atomic E-state index is -0.299. The van der Waals surface area contributed by atoms with Crippen LogP contribution >= 0.6 is 0 Å². The van der Waals surface area contributed by atoms with Gasteiger partial charge in [-0.25, -0.2) is 0 Å². The SMILES string of the molecule is COc1cc(N[O-])c(C(=O)c2ccncc2)cc1OC. The van der Waals surface area contributed by atoms with E-state index in [1.165, 1.54) is 38.7 Å². The van der Waals surface area contributed by atoms with Crippen LogP contribution in [0.1, 0.15) is 15.9 Å². The Morgan fingerprint density at radius 2 is 1.75 bits per heavy atom. The summed E-state index contributed by atoms with van der Waals surface area (Å²) in [4.78, 5) is 16.2. The summed E-state index contributed by atoms with van der Waals surface area (Å²) in [5.41, 5.74) is 2.53. The van der Waals surface area contributed by atoms with Crippen LogP contribution in [0.25, 0.3) is 0 Å². The zero-order chi connectivity index (χ0) is 14.5. The van der Waals surface area contributed by atoms with E-state index in [0.29, 0.717) is 17.1 Å². The Labute approximate surface area is 115 Å². The van der Waals surface area contributed by atoms with Gasteiger partial charge in [0.2, 0.25) is 0 Å². The maximum atomic E-state index is 12.4. The number of methoxy groups -OCH3 is 2. The molecule has 0 aliphatic heterocycles. The van der Waals surface area contributed by atoms with Crippen LogP contribution in [0.4, 0.5) is 5.69 Å². The second-order valence-corrected chi connectivity index (χ2v) is 3.92. The van der Waals surface area contributed by atoms with Gasteiger partial charge in [-0.3, -0.25) is 9.78 Å². The highest BCUT2D eigenvalue weighted by atomic mass is 16.5. The van der Waals surface area contributed by atoms with Gasteiger partial charge in [0, 0.05) is 35.3 Å². The minimum absolute atomic E-state index is 0.129. The molecular weight excluding hydrogens is 260 g/mol. The number of carbonyl (C=O) groups excluding carboxylic acids is 1. The first kappa shape index (κ1) is 13.8. The summed E-state index contributed by atoms with van der Waals surface area (Å²) in [7, 11) is 2.92. The third kappa shape index (κ3) is 2.55. The minimum Gasteiger partial charge on any atom is -0.761 e. The lowest BCUT2D eigenvalue weighted by Gasteiger charge is -2.17. The zero-order valence-corrected chi connectivity index (χ0v) is 11.0. The Kier molecular flexibility index (Phi) is 4.17. The number of hydrogen-bond acceptors (Lipinski definition) is 6. The largest absolute Gasteiger partial charge is 0.761 e. The van der Waals surface area contributed by atoms with Gasteiger partial charge in [0.1, 0.15) is 0 Å². The molecule has 0 amide bonds. The predicted octanol–water partition coefficient (Wildman–Crippen LogP) is 2.24. The highest BCUT2D eigenvalue weighted by Crippen LogP contribution is 2.34. The average Bonchev–Trinajstić information content (AvgIpc) is 2.53. The third-order valence-electron chi connectivity index (χ3n) is 2.82. The Balaban J connectivity index is 2.53.